The maximum absolute atomic E-state index is 13.2. The van der Waals surface area contributed by atoms with Crippen LogP contribution in [0.15, 0.2) is 59.5 Å². The van der Waals surface area contributed by atoms with Crippen molar-refractivity contribution in [3.05, 3.63) is 86.1 Å². The number of nitrogens with zero attached hydrogens (tertiary/aromatic N) is 1. The lowest BCUT2D eigenvalue weighted by atomic mass is 9.96. The standard InChI is InChI=1S/C25H20ClNO4S/c1-14-9-11-32-24(14)21-20(22(28)16-7-8-19-15(12-16)4-3-10-31-19)23(29)25(30)27(21)18-6-2-5-17(26)13-18/h2,5-9,11-13,21,28H,3-4,10H2,1H3/b22-20-. The van der Waals surface area contributed by atoms with Crippen molar-refractivity contribution in [1.82, 2.24) is 0 Å². The summed E-state index contributed by atoms with van der Waals surface area (Å²) in [6.07, 6.45) is 1.73. The van der Waals surface area contributed by atoms with E-state index in [4.69, 9.17) is 16.3 Å². The molecule has 0 radical (unpaired) electrons. The molecule has 1 amide bonds. The summed E-state index contributed by atoms with van der Waals surface area (Å²) in [7, 11) is 0. The zero-order valence-electron chi connectivity index (χ0n) is 17.3. The summed E-state index contributed by atoms with van der Waals surface area (Å²) in [6.45, 7) is 2.60. The first kappa shape index (κ1) is 20.8. The number of aliphatic hydroxyl groups is 1. The van der Waals surface area contributed by atoms with Gasteiger partial charge in [0.2, 0.25) is 0 Å². The Hall–Kier alpha value is -3.09. The molecule has 1 saturated heterocycles. The average molecular weight is 466 g/mol. The molecule has 1 atom stereocenters. The van der Waals surface area contributed by atoms with Gasteiger partial charge >= 0.3 is 0 Å². The van der Waals surface area contributed by atoms with Gasteiger partial charge in [-0.05, 0) is 78.7 Å². The first-order chi connectivity index (χ1) is 15.5. The monoisotopic (exact) mass is 465 g/mol. The molecule has 7 heteroatoms. The topological polar surface area (TPSA) is 66.8 Å². The highest BCUT2D eigenvalue weighted by Gasteiger charge is 2.48. The van der Waals surface area contributed by atoms with Crippen molar-refractivity contribution in [1.29, 1.82) is 0 Å². The molecule has 0 saturated carbocycles. The maximum atomic E-state index is 13.2. The number of carbonyl (C=O) groups is 2. The molecule has 0 aliphatic carbocycles. The number of fused-ring (bicyclic) bond motifs is 1. The number of thiophene rings is 1. The molecular weight excluding hydrogens is 446 g/mol. The highest BCUT2D eigenvalue weighted by Crippen LogP contribution is 2.45. The van der Waals surface area contributed by atoms with Crippen LogP contribution in [0.25, 0.3) is 5.76 Å². The number of ether oxygens (including phenoxy) is 1. The Morgan fingerprint density at radius 2 is 2.03 bits per heavy atom. The first-order valence-corrected chi connectivity index (χ1v) is 11.6. The number of hydrogen-bond donors (Lipinski definition) is 1. The van der Waals surface area contributed by atoms with E-state index in [1.807, 2.05) is 30.5 Å². The minimum atomic E-state index is -0.735. The Kier molecular flexibility index (Phi) is 5.27. The molecule has 0 bridgehead atoms. The number of benzene rings is 2. The molecule has 162 valence electrons. The van der Waals surface area contributed by atoms with E-state index < -0.39 is 17.7 Å². The molecule has 5 nitrogen and oxygen atoms in total. The lowest BCUT2D eigenvalue weighted by Crippen LogP contribution is -2.29. The van der Waals surface area contributed by atoms with Gasteiger partial charge in [-0.3, -0.25) is 14.5 Å². The van der Waals surface area contributed by atoms with E-state index in [2.05, 4.69) is 0 Å². The van der Waals surface area contributed by atoms with E-state index in [-0.39, 0.29) is 11.3 Å². The van der Waals surface area contributed by atoms with E-state index >= 15 is 0 Å². The Morgan fingerprint density at radius 1 is 1.19 bits per heavy atom. The van der Waals surface area contributed by atoms with Crippen molar-refractivity contribution in [3.8, 4) is 5.75 Å². The van der Waals surface area contributed by atoms with E-state index in [0.717, 1.165) is 34.6 Å². The molecule has 3 heterocycles. The lowest BCUT2D eigenvalue weighted by molar-refractivity contribution is -0.132. The highest BCUT2D eigenvalue weighted by molar-refractivity contribution is 7.10. The van der Waals surface area contributed by atoms with E-state index in [1.165, 1.54) is 16.2 Å². The van der Waals surface area contributed by atoms with Crippen LogP contribution in [0, 0.1) is 6.92 Å². The van der Waals surface area contributed by atoms with Gasteiger partial charge in [0.05, 0.1) is 12.2 Å². The van der Waals surface area contributed by atoms with Gasteiger partial charge in [0, 0.05) is 21.2 Å². The second-order valence-electron chi connectivity index (χ2n) is 7.89. The van der Waals surface area contributed by atoms with E-state index in [1.54, 1.807) is 30.3 Å². The number of hydrogen-bond acceptors (Lipinski definition) is 5. The number of anilines is 1. The van der Waals surface area contributed by atoms with Gasteiger partial charge in [0.1, 0.15) is 17.6 Å². The Bertz CT molecular complexity index is 1280. The summed E-state index contributed by atoms with van der Waals surface area (Å²) in [5.74, 6) is -0.793. The minimum Gasteiger partial charge on any atom is -0.507 e. The molecule has 2 aliphatic rings. The number of amides is 1. The van der Waals surface area contributed by atoms with Gasteiger partial charge < -0.3 is 9.84 Å². The summed E-state index contributed by atoms with van der Waals surface area (Å²) in [5.41, 5.74) is 3.01. The number of halogens is 1. The third-order valence-electron chi connectivity index (χ3n) is 5.86. The fourth-order valence-electron chi connectivity index (χ4n) is 4.30. The Labute approximate surface area is 194 Å². The minimum absolute atomic E-state index is 0.0807. The van der Waals surface area contributed by atoms with Crippen LogP contribution in [0.1, 0.15) is 34.0 Å². The van der Waals surface area contributed by atoms with E-state index in [9.17, 15) is 14.7 Å². The van der Waals surface area contributed by atoms with Crippen LogP contribution in [0.5, 0.6) is 5.75 Å². The van der Waals surface area contributed by atoms with Gasteiger partial charge in [-0.25, -0.2) is 0 Å². The van der Waals surface area contributed by atoms with Crippen LogP contribution in [-0.4, -0.2) is 23.4 Å². The van der Waals surface area contributed by atoms with Gasteiger partial charge in [0.25, 0.3) is 11.7 Å². The summed E-state index contributed by atoms with van der Waals surface area (Å²) >= 11 is 7.63. The van der Waals surface area contributed by atoms with Crippen LogP contribution in [0.2, 0.25) is 5.02 Å². The molecule has 32 heavy (non-hydrogen) atoms. The van der Waals surface area contributed by atoms with Gasteiger partial charge in [-0.1, -0.05) is 17.7 Å². The molecule has 1 N–H and O–H groups in total. The second kappa shape index (κ2) is 8.11. The molecule has 5 rings (SSSR count). The molecule has 1 unspecified atom stereocenters. The van der Waals surface area contributed by atoms with E-state index in [0.29, 0.717) is 22.9 Å². The maximum Gasteiger partial charge on any atom is 0.300 e. The number of rotatable bonds is 3. The Balaban J connectivity index is 1.70. The number of aryl methyl sites for hydroxylation is 2. The van der Waals surface area contributed by atoms with Crippen molar-refractivity contribution < 1.29 is 19.4 Å². The van der Waals surface area contributed by atoms with Crippen molar-refractivity contribution >= 4 is 46.1 Å². The van der Waals surface area contributed by atoms with Crippen LogP contribution >= 0.6 is 22.9 Å². The van der Waals surface area contributed by atoms with Crippen molar-refractivity contribution in [2.24, 2.45) is 0 Å². The number of Topliss-reactive ketones (excluding diaryl/α,β-unsaturated/α-hetero) is 1. The normalized spacial score (nSPS) is 19.7. The fourth-order valence-corrected chi connectivity index (χ4v) is 5.51. The quantitative estimate of drug-likeness (QED) is 0.308. The number of ketones is 1. The molecule has 2 aromatic carbocycles. The van der Waals surface area contributed by atoms with Crippen LogP contribution < -0.4 is 9.64 Å². The summed E-state index contributed by atoms with van der Waals surface area (Å²) in [4.78, 5) is 28.7. The predicted molar refractivity (Wildman–Crippen MR) is 126 cm³/mol. The molecule has 0 spiro atoms. The van der Waals surface area contributed by atoms with Crippen molar-refractivity contribution in [3.63, 3.8) is 0 Å². The van der Waals surface area contributed by atoms with Crippen molar-refractivity contribution in [2.75, 3.05) is 11.5 Å². The Morgan fingerprint density at radius 3 is 2.78 bits per heavy atom. The predicted octanol–water partition coefficient (Wildman–Crippen LogP) is 5.66. The zero-order valence-corrected chi connectivity index (χ0v) is 18.9. The molecule has 1 fully saturated rings. The molecule has 2 aliphatic heterocycles. The smallest absolute Gasteiger partial charge is 0.300 e. The lowest BCUT2D eigenvalue weighted by Gasteiger charge is -2.25. The molecule has 3 aromatic rings. The van der Waals surface area contributed by atoms with Crippen LogP contribution in [0.4, 0.5) is 5.69 Å². The third kappa shape index (κ3) is 3.40. The largest absolute Gasteiger partial charge is 0.507 e. The second-order valence-corrected chi connectivity index (χ2v) is 9.28. The summed E-state index contributed by atoms with van der Waals surface area (Å²) in [5, 5.41) is 13.7. The third-order valence-corrected chi connectivity index (χ3v) is 7.17. The molecular formula is C25H20ClNO4S. The van der Waals surface area contributed by atoms with Gasteiger partial charge in [-0.15, -0.1) is 11.3 Å². The summed E-state index contributed by atoms with van der Waals surface area (Å²) < 4.78 is 5.67. The SMILES string of the molecule is Cc1ccsc1C1/C(=C(/O)c2ccc3c(c2)CCCO3)C(=O)C(=O)N1c1cccc(Cl)c1. The van der Waals surface area contributed by atoms with Crippen LogP contribution in [-0.2, 0) is 16.0 Å². The van der Waals surface area contributed by atoms with Gasteiger partial charge in [0.15, 0.2) is 0 Å². The number of aliphatic hydroxyl groups excluding tert-OH is 1. The first-order valence-electron chi connectivity index (χ1n) is 10.3. The highest BCUT2D eigenvalue weighted by atomic mass is 35.5. The average Bonchev–Trinajstić information content (AvgIpc) is 3.33. The summed E-state index contributed by atoms with van der Waals surface area (Å²) in [6, 6.07) is 13.4. The molecule has 1 aromatic heterocycles. The zero-order chi connectivity index (χ0) is 22.4. The van der Waals surface area contributed by atoms with Gasteiger partial charge in [-0.2, -0.15) is 0 Å². The van der Waals surface area contributed by atoms with Crippen molar-refractivity contribution in [2.45, 2.75) is 25.8 Å². The van der Waals surface area contributed by atoms with Crippen LogP contribution in [0.3, 0.4) is 0 Å². The fraction of sp³-hybridized carbons (Fsp3) is 0.200. The number of carbonyl (C=O) groups excluding carboxylic acids is 2.